The number of hydrogen-bond donors (Lipinski definition) is 1. The second kappa shape index (κ2) is 2.84. The van der Waals surface area contributed by atoms with Gasteiger partial charge in [-0.1, -0.05) is 25.9 Å². The van der Waals surface area contributed by atoms with Crippen molar-refractivity contribution in [1.29, 1.82) is 0 Å². The van der Waals surface area contributed by atoms with E-state index in [0.29, 0.717) is 5.92 Å². The number of hydrogen-bond acceptors (Lipinski definition) is 2. The molecule has 0 saturated heterocycles. The van der Waals surface area contributed by atoms with Gasteiger partial charge in [-0.15, -0.1) is 0 Å². The van der Waals surface area contributed by atoms with Crippen LogP contribution in [0.1, 0.15) is 40.0 Å². The van der Waals surface area contributed by atoms with Crippen LogP contribution in [0.25, 0.3) is 0 Å². The van der Waals surface area contributed by atoms with Crippen molar-refractivity contribution >= 4 is 5.71 Å². The normalized spacial score (nSPS) is 34.1. The minimum Gasteiger partial charge on any atom is -0.411 e. The summed E-state index contributed by atoms with van der Waals surface area (Å²) >= 11 is 0. The molecule has 0 spiro atoms. The highest BCUT2D eigenvalue weighted by Crippen LogP contribution is 2.37. The Hall–Kier alpha value is -0.530. The predicted octanol–water partition coefficient (Wildman–Crippen LogP) is 2.66. The molecule has 0 bridgehead atoms. The average molecular weight is 155 g/mol. The second-order valence-corrected chi connectivity index (χ2v) is 4.06. The lowest BCUT2D eigenvalue weighted by Crippen LogP contribution is -2.35. The molecule has 0 radical (unpaired) electrons. The van der Waals surface area contributed by atoms with Crippen molar-refractivity contribution in [2.45, 2.75) is 40.0 Å². The standard InChI is InChI=1S/C9H17NO/c1-7-5-4-6-8(10-11)9(7,2)3/h7,11H,4-6H2,1-3H3/b10-8+. The molecular weight excluding hydrogens is 138 g/mol. The number of rotatable bonds is 0. The molecule has 0 amide bonds. The molecule has 0 aromatic rings. The van der Waals surface area contributed by atoms with Crippen LogP contribution in [-0.2, 0) is 0 Å². The van der Waals surface area contributed by atoms with E-state index in [4.69, 9.17) is 5.21 Å². The third kappa shape index (κ3) is 1.39. The van der Waals surface area contributed by atoms with Crippen LogP contribution in [-0.4, -0.2) is 10.9 Å². The highest BCUT2D eigenvalue weighted by molar-refractivity contribution is 5.89. The Kier molecular flexibility index (Phi) is 2.21. The van der Waals surface area contributed by atoms with E-state index >= 15 is 0 Å². The van der Waals surface area contributed by atoms with Gasteiger partial charge in [-0.2, -0.15) is 0 Å². The van der Waals surface area contributed by atoms with Crippen LogP contribution in [0.15, 0.2) is 5.16 Å². The zero-order valence-corrected chi connectivity index (χ0v) is 7.59. The smallest absolute Gasteiger partial charge is 0.0629 e. The maximum atomic E-state index is 8.73. The van der Waals surface area contributed by atoms with Crippen molar-refractivity contribution in [1.82, 2.24) is 0 Å². The van der Waals surface area contributed by atoms with E-state index in [-0.39, 0.29) is 5.41 Å². The SMILES string of the molecule is CC1CCC/C(=N\O)C1(C)C. The molecule has 0 heterocycles. The second-order valence-electron chi connectivity index (χ2n) is 4.06. The maximum absolute atomic E-state index is 8.73. The molecule has 1 rings (SSSR count). The first-order valence-electron chi connectivity index (χ1n) is 4.30. The summed E-state index contributed by atoms with van der Waals surface area (Å²) in [6, 6.07) is 0. The highest BCUT2D eigenvalue weighted by Gasteiger charge is 2.34. The van der Waals surface area contributed by atoms with Crippen molar-refractivity contribution in [2.75, 3.05) is 0 Å². The molecule has 1 atom stereocenters. The first kappa shape index (κ1) is 8.57. The van der Waals surface area contributed by atoms with E-state index < -0.39 is 0 Å². The van der Waals surface area contributed by atoms with Crippen LogP contribution in [0.5, 0.6) is 0 Å². The molecule has 1 aliphatic carbocycles. The van der Waals surface area contributed by atoms with Gasteiger partial charge in [-0.3, -0.25) is 0 Å². The van der Waals surface area contributed by atoms with Crippen LogP contribution >= 0.6 is 0 Å². The van der Waals surface area contributed by atoms with Crippen LogP contribution in [0.3, 0.4) is 0 Å². The van der Waals surface area contributed by atoms with Gasteiger partial charge in [-0.25, -0.2) is 0 Å². The topological polar surface area (TPSA) is 32.6 Å². The monoisotopic (exact) mass is 155 g/mol. The quantitative estimate of drug-likeness (QED) is 0.423. The van der Waals surface area contributed by atoms with Gasteiger partial charge in [-0.05, 0) is 25.2 Å². The van der Waals surface area contributed by atoms with Crippen molar-refractivity contribution in [3.8, 4) is 0 Å². The van der Waals surface area contributed by atoms with Crippen molar-refractivity contribution < 1.29 is 5.21 Å². The summed E-state index contributed by atoms with van der Waals surface area (Å²) in [7, 11) is 0. The Labute approximate surface area is 68.3 Å². The van der Waals surface area contributed by atoms with E-state index in [1.54, 1.807) is 0 Å². The zero-order chi connectivity index (χ0) is 8.48. The number of nitrogens with zero attached hydrogens (tertiary/aromatic N) is 1. The Bertz CT molecular complexity index is 172. The van der Waals surface area contributed by atoms with Gasteiger partial charge in [0.25, 0.3) is 0 Å². The average Bonchev–Trinajstić information content (AvgIpc) is 1.95. The fourth-order valence-electron chi connectivity index (χ4n) is 1.72. The Morgan fingerprint density at radius 2 is 2.18 bits per heavy atom. The first-order chi connectivity index (χ1) is 5.09. The van der Waals surface area contributed by atoms with E-state index in [2.05, 4.69) is 25.9 Å². The molecule has 0 aromatic heterocycles. The Balaban J connectivity index is 2.82. The summed E-state index contributed by atoms with van der Waals surface area (Å²) in [6.45, 7) is 6.54. The molecule has 1 N–H and O–H groups in total. The van der Waals surface area contributed by atoms with E-state index in [0.717, 1.165) is 12.1 Å². The van der Waals surface area contributed by atoms with Gasteiger partial charge in [0.05, 0.1) is 5.71 Å². The predicted molar refractivity (Wildman–Crippen MR) is 46.0 cm³/mol. The molecule has 0 aliphatic heterocycles. The lowest BCUT2D eigenvalue weighted by atomic mass is 9.68. The minimum atomic E-state index is 0.104. The maximum Gasteiger partial charge on any atom is 0.0629 e. The van der Waals surface area contributed by atoms with E-state index in [9.17, 15) is 0 Å². The summed E-state index contributed by atoms with van der Waals surface area (Å²) in [5, 5.41) is 12.1. The molecule has 11 heavy (non-hydrogen) atoms. The van der Waals surface area contributed by atoms with Gasteiger partial charge in [0.1, 0.15) is 0 Å². The highest BCUT2D eigenvalue weighted by atomic mass is 16.4. The third-order valence-electron chi connectivity index (χ3n) is 3.15. The Morgan fingerprint density at radius 1 is 1.55 bits per heavy atom. The summed E-state index contributed by atoms with van der Waals surface area (Å²) in [5.74, 6) is 0.641. The van der Waals surface area contributed by atoms with E-state index in [1.165, 1.54) is 12.8 Å². The van der Waals surface area contributed by atoms with Gasteiger partial charge < -0.3 is 5.21 Å². The van der Waals surface area contributed by atoms with Gasteiger partial charge in [0.2, 0.25) is 0 Å². The summed E-state index contributed by atoms with van der Waals surface area (Å²) < 4.78 is 0. The summed E-state index contributed by atoms with van der Waals surface area (Å²) in [6.07, 6.45) is 3.39. The van der Waals surface area contributed by atoms with Gasteiger partial charge >= 0.3 is 0 Å². The molecule has 1 saturated carbocycles. The van der Waals surface area contributed by atoms with Crippen LogP contribution in [0.4, 0.5) is 0 Å². The molecule has 64 valence electrons. The zero-order valence-electron chi connectivity index (χ0n) is 7.59. The van der Waals surface area contributed by atoms with Gasteiger partial charge in [0, 0.05) is 5.41 Å². The van der Waals surface area contributed by atoms with E-state index in [1.807, 2.05) is 0 Å². The molecule has 0 aromatic carbocycles. The Morgan fingerprint density at radius 3 is 2.64 bits per heavy atom. The molecular formula is C9H17NO. The molecule has 2 heteroatoms. The molecule has 1 aliphatic rings. The summed E-state index contributed by atoms with van der Waals surface area (Å²) in [4.78, 5) is 0. The van der Waals surface area contributed by atoms with Crippen molar-refractivity contribution in [2.24, 2.45) is 16.5 Å². The van der Waals surface area contributed by atoms with Crippen LogP contribution in [0, 0.1) is 11.3 Å². The summed E-state index contributed by atoms with van der Waals surface area (Å²) in [5.41, 5.74) is 1.07. The fraction of sp³-hybridized carbons (Fsp3) is 0.889. The van der Waals surface area contributed by atoms with Crippen LogP contribution in [0.2, 0.25) is 0 Å². The van der Waals surface area contributed by atoms with Crippen LogP contribution < -0.4 is 0 Å². The molecule has 1 fully saturated rings. The van der Waals surface area contributed by atoms with Gasteiger partial charge in [0.15, 0.2) is 0 Å². The molecule has 1 unspecified atom stereocenters. The minimum absolute atomic E-state index is 0.104. The largest absolute Gasteiger partial charge is 0.411 e. The van der Waals surface area contributed by atoms with Crippen molar-refractivity contribution in [3.05, 3.63) is 0 Å². The fourth-order valence-corrected chi connectivity index (χ4v) is 1.72. The lowest BCUT2D eigenvalue weighted by Gasteiger charge is -2.36. The molecule has 2 nitrogen and oxygen atoms in total. The van der Waals surface area contributed by atoms with Crippen molar-refractivity contribution in [3.63, 3.8) is 0 Å². The lowest BCUT2D eigenvalue weighted by molar-refractivity contribution is 0.252. The third-order valence-corrected chi connectivity index (χ3v) is 3.15. The number of oxime groups is 1. The first-order valence-corrected chi connectivity index (χ1v) is 4.30.